The second-order valence-corrected chi connectivity index (χ2v) is 4.26. The Labute approximate surface area is 90.8 Å². The standard InChI is InChI=1S/C8H6ClFO4S/c1-14-7-3-2-5(15(10,12)13)4-6(7)8(9)11/h2-4H,1H3. The quantitative estimate of drug-likeness (QED) is 0.769. The Morgan fingerprint density at radius 1 is 1.47 bits per heavy atom. The van der Waals surface area contributed by atoms with Gasteiger partial charge in [-0.15, -0.1) is 3.89 Å². The lowest BCUT2D eigenvalue weighted by Crippen LogP contribution is -1.99. The van der Waals surface area contributed by atoms with E-state index in [1.54, 1.807) is 0 Å². The maximum Gasteiger partial charge on any atom is 0.332 e. The van der Waals surface area contributed by atoms with Gasteiger partial charge in [0.25, 0.3) is 5.24 Å². The summed E-state index contributed by atoms with van der Waals surface area (Å²) in [5.74, 6) is 0.0856. The zero-order chi connectivity index (χ0) is 11.6. The fraction of sp³-hybridized carbons (Fsp3) is 0.125. The molecule has 7 heteroatoms. The summed E-state index contributed by atoms with van der Waals surface area (Å²) in [5.41, 5.74) is -0.196. The molecule has 4 nitrogen and oxygen atoms in total. The number of halogens is 2. The molecule has 0 aromatic heterocycles. The van der Waals surface area contributed by atoms with E-state index in [2.05, 4.69) is 0 Å². The summed E-state index contributed by atoms with van der Waals surface area (Å²) in [7, 11) is -3.57. The first-order valence-electron chi connectivity index (χ1n) is 3.69. The van der Waals surface area contributed by atoms with Gasteiger partial charge in [0.15, 0.2) is 0 Å². The Kier molecular flexibility index (Phi) is 3.31. The van der Waals surface area contributed by atoms with Crippen molar-refractivity contribution in [2.75, 3.05) is 7.11 Å². The van der Waals surface area contributed by atoms with Gasteiger partial charge in [0.2, 0.25) is 0 Å². The highest BCUT2D eigenvalue weighted by Crippen LogP contribution is 2.24. The minimum Gasteiger partial charge on any atom is -0.496 e. The van der Waals surface area contributed by atoms with E-state index in [-0.39, 0.29) is 11.3 Å². The molecule has 0 spiro atoms. The molecule has 0 heterocycles. The smallest absolute Gasteiger partial charge is 0.332 e. The van der Waals surface area contributed by atoms with Crippen LogP contribution in [0.3, 0.4) is 0 Å². The summed E-state index contributed by atoms with van der Waals surface area (Å²) in [6.45, 7) is 0. The summed E-state index contributed by atoms with van der Waals surface area (Å²) in [5, 5.41) is -0.919. The first-order valence-corrected chi connectivity index (χ1v) is 5.45. The fourth-order valence-electron chi connectivity index (χ4n) is 0.992. The maximum atomic E-state index is 12.6. The molecule has 0 saturated carbocycles. The predicted molar refractivity (Wildman–Crippen MR) is 51.5 cm³/mol. The lowest BCUT2D eigenvalue weighted by atomic mass is 10.2. The molecule has 1 rings (SSSR count). The number of hydrogen-bond acceptors (Lipinski definition) is 4. The Bertz CT molecular complexity index is 497. The first kappa shape index (κ1) is 11.9. The number of hydrogen-bond donors (Lipinski definition) is 0. The summed E-state index contributed by atoms with van der Waals surface area (Å²) in [4.78, 5) is 10.2. The van der Waals surface area contributed by atoms with Crippen LogP contribution in [-0.4, -0.2) is 20.8 Å². The number of ether oxygens (including phenoxy) is 1. The third kappa shape index (κ3) is 2.66. The predicted octanol–water partition coefficient (Wildman–Crippen LogP) is 1.73. The molecule has 0 unspecified atom stereocenters. The largest absolute Gasteiger partial charge is 0.496 e. The molecule has 0 aliphatic heterocycles. The van der Waals surface area contributed by atoms with Gasteiger partial charge < -0.3 is 4.74 Å². The molecule has 0 N–H and O–H groups in total. The van der Waals surface area contributed by atoms with Crippen molar-refractivity contribution < 1.29 is 21.8 Å². The van der Waals surface area contributed by atoms with Crippen LogP contribution in [0.25, 0.3) is 0 Å². The zero-order valence-corrected chi connectivity index (χ0v) is 9.10. The second-order valence-electron chi connectivity index (χ2n) is 2.57. The van der Waals surface area contributed by atoms with Gasteiger partial charge in [-0.1, -0.05) is 0 Å². The SMILES string of the molecule is COc1ccc(S(=O)(=O)F)cc1C(=O)Cl. The molecule has 82 valence electrons. The Hall–Kier alpha value is -1.14. The highest BCUT2D eigenvalue weighted by Gasteiger charge is 2.17. The Morgan fingerprint density at radius 2 is 2.07 bits per heavy atom. The van der Waals surface area contributed by atoms with Crippen LogP contribution in [0.5, 0.6) is 5.75 Å². The van der Waals surface area contributed by atoms with E-state index < -0.39 is 20.4 Å². The zero-order valence-electron chi connectivity index (χ0n) is 7.53. The summed E-state index contributed by atoms with van der Waals surface area (Å²) >= 11 is 5.17. The summed E-state index contributed by atoms with van der Waals surface area (Å²) in [6.07, 6.45) is 0. The Morgan fingerprint density at radius 3 is 2.47 bits per heavy atom. The second kappa shape index (κ2) is 4.16. The molecular formula is C8H6ClFO4S. The molecule has 0 atom stereocenters. The molecule has 0 bridgehead atoms. The van der Waals surface area contributed by atoms with Crippen LogP contribution < -0.4 is 4.74 Å². The van der Waals surface area contributed by atoms with Gasteiger partial charge in [0, 0.05) is 0 Å². The summed E-state index contributed by atoms with van der Waals surface area (Å²) in [6, 6.07) is 2.96. The van der Waals surface area contributed by atoms with E-state index in [4.69, 9.17) is 16.3 Å². The number of carbonyl (C=O) groups is 1. The van der Waals surface area contributed by atoms with E-state index in [9.17, 15) is 17.1 Å². The van der Waals surface area contributed by atoms with E-state index in [1.807, 2.05) is 0 Å². The van der Waals surface area contributed by atoms with Crippen molar-refractivity contribution in [1.82, 2.24) is 0 Å². The van der Waals surface area contributed by atoms with Gasteiger partial charge in [-0.3, -0.25) is 4.79 Å². The molecule has 15 heavy (non-hydrogen) atoms. The molecule has 0 saturated heterocycles. The highest BCUT2D eigenvalue weighted by atomic mass is 35.5. The minimum atomic E-state index is -4.85. The van der Waals surface area contributed by atoms with Crippen molar-refractivity contribution in [3.8, 4) is 5.75 Å². The third-order valence-electron chi connectivity index (χ3n) is 1.66. The normalized spacial score (nSPS) is 11.1. The lowest BCUT2D eigenvalue weighted by molar-refractivity contribution is 0.107. The van der Waals surface area contributed by atoms with Gasteiger partial charge in [-0.25, -0.2) is 0 Å². The van der Waals surface area contributed by atoms with Crippen molar-refractivity contribution in [2.45, 2.75) is 4.90 Å². The van der Waals surface area contributed by atoms with Crippen LogP contribution in [0, 0.1) is 0 Å². The van der Waals surface area contributed by atoms with Gasteiger partial charge in [0.05, 0.1) is 17.6 Å². The highest BCUT2D eigenvalue weighted by molar-refractivity contribution is 7.86. The van der Waals surface area contributed by atoms with Crippen molar-refractivity contribution in [2.24, 2.45) is 0 Å². The Balaban J connectivity index is 3.42. The van der Waals surface area contributed by atoms with Gasteiger partial charge in [-0.05, 0) is 29.8 Å². The topological polar surface area (TPSA) is 60.4 Å². The molecule has 1 aromatic carbocycles. The number of rotatable bonds is 3. The number of methoxy groups -OCH3 is 1. The van der Waals surface area contributed by atoms with Crippen LogP contribution in [0.2, 0.25) is 0 Å². The van der Waals surface area contributed by atoms with E-state index in [0.717, 1.165) is 18.2 Å². The number of carbonyl (C=O) groups excluding carboxylic acids is 1. The van der Waals surface area contributed by atoms with Gasteiger partial charge >= 0.3 is 10.2 Å². The van der Waals surface area contributed by atoms with Crippen molar-refractivity contribution in [1.29, 1.82) is 0 Å². The average Bonchev–Trinajstić information content (AvgIpc) is 2.15. The minimum absolute atomic E-state index is 0.0856. The van der Waals surface area contributed by atoms with E-state index in [0.29, 0.717) is 0 Å². The van der Waals surface area contributed by atoms with E-state index in [1.165, 1.54) is 7.11 Å². The van der Waals surface area contributed by atoms with Gasteiger partial charge in [-0.2, -0.15) is 8.42 Å². The molecule has 0 amide bonds. The van der Waals surface area contributed by atoms with Crippen LogP contribution in [-0.2, 0) is 10.2 Å². The van der Waals surface area contributed by atoms with Crippen molar-refractivity contribution in [3.05, 3.63) is 23.8 Å². The molecule has 1 aromatic rings. The maximum absolute atomic E-state index is 12.6. The van der Waals surface area contributed by atoms with Crippen molar-refractivity contribution >= 4 is 27.1 Å². The molecule has 0 fully saturated rings. The monoisotopic (exact) mass is 252 g/mol. The van der Waals surface area contributed by atoms with Crippen molar-refractivity contribution in [3.63, 3.8) is 0 Å². The van der Waals surface area contributed by atoms with Crippen LogP contribution in [0.4, 0.5) is 3.89 Å². The van der Waals surface area contributed by atoms with E-state index >= 15 is 0 Å². The number of benzene rings is 1. The van der Waals surface area contributed by atoms with Gasteiger partial charge in [0.1, 0.15) is 5.75 Å². The third-order valence-corrected chi connectivity index (χ3v) is 2.68. The molecule has 0 aliphatic rings. The first-order chi connectivity index (χ1) is 6.86. The average molecular weight is 253 g/mol. The molecule has 0 aliphatic carbocycles. The fourth-order valence-corrected chi connectivity index (χ4v) is 1.63. The molecule has 0 radical (unpaired) electrons. The molecular weight excluding hydrogens is 247 g/mol. The van der Waals surface area contributed by atoms with Crippen LogP contribution in [0.1, 0.15) is 10.4 Å². The van der Waals surface area contributed by atoms with Crippen LogP contribution >= 0.6 is 11.6 Å². The van der Waals surface area contributed by atoms with Crippen LogP contribution in [0.15, 0.2) is 23.1 Å². The lowest BCUT2D eigenvalue weighted by Gasteiger charge is -2.05. The summed E-state index contributed by atoms with van der Waals surface area (Å²) < 4.78 is 38.4.